The topological polar surface area (TPSA) is 41.1 Å². The zero-order valence-electron chi connectivity index (χ0n) is 7.50. The standard InChI is InChI=1S/C10H12N2O.CH4/c1-7(13)11-10-6-8-4-2-3-5-9(8)12-10;/h2-5,10,12H,6H2,1H3,(H,11,13);1H4. The Bertz CT molecular complexity index is 311. The lowest BCUT2D eigenvalue weighted by Crippen LogP contribution is -2.37. The van der Waals surface area contributed by atoms with Crippen molar-refractivity contribution < 1.29 is 4.79 Å². The van der Waals surface area contributed by atoms with Crippen LogP contribution in [0, 0.1) is 0 Å². The van der Waals surface area contributed by atoms with Crippen molar-refractivity contribution in [1.82, 2.24) is 5.32 Å². The van der Waals surface area contributed by atoms with E-state index in [1.807, 2.05) is 18.2 Å². The third-order valence-corrected chi connectivity index (χ3v) is 2.15. The number of carbonyl (C=O) groups is 1. The van der Waals surface area contributed by atoms with Crippen LogP contribution in [0.4, 0.5) is 5.69 Å². The van der Waals surface area contributed by atoms with Gasteiger partial charge in [0.05, 0.1) is 0 Å². The van der Waals surface area contributed by atoms with Gasteiger partial charge in [0.15, 0.2) is 0 Å². The molecule has 0 bridgehead atoms. The van der Waals surface area contributed by atoms with E-state index in [0.717, 1.165) is 12.1 Å². The molecule has 2 rings (SSSR count). The average molecular weight is 192 g/mol. The number of benzene rings is 1. The van der Waals surface area contributed by atoms with Crippen LogP contribution in [0.25, 0.3) is 0 Å². The zero-order chi connectivity index (χ0) is 9.26. The van der Waals surface area contributed by atoms with E-state index in [2.05, 4.69) is 16.7 Å². The van der Waals surface area contributed by atoms with Crippen LogP contribution in [0.2, 0.25) is 0 Å². The van der Waals surface area contributed by atoms with E-state index in [1.165, 1.54) is 12.5 Å². The average Bonchev–Trinajstić information content (AvgIpc) is 2.44. The summed E-state index contributed by atoms with van der Waals surface area (Å²) in [6.07, 6.45) is 0.936. The largest absolute Gasteiger partial charge is 0.365 e. The molecule has 3 nitrogen and oxygen atoms in total. The second-order valence-electron chi connectivity index (χ2n) is 3.26. The van der Waals surface area contributed by atoms with Crippen molar-refractivity contribution in [3.63, 3.8) is 0 Å². The Morgan fingerprint density at radius 1 is 1.50 bits per heavy atom. The van der Waals surface area contributed by atoms with Crippen molar-refractivity contribution in [2.75, 3.05) is 5.32 Å². The van der Waals surface area contributed by atoms with Gasteiger partial charge in [0.2, 0.25) is 5.91 Å². The fraction of sp³-hybridized carbons (Fsp3) is 0.364. The van der Waals surface area contributed by atoms with E-state index in [4.69, 9.17) is 0 Å². The summed E-state index contributed by atoms with van der Waals surface area (Å²) in [5.41, 5.74) is 2.39. The third kappa shape index (κ3) is 2.05. The first-order valence-corrected chi connectivity index (χ1v) is 4.37. The molecule has 0 fully saturated rings. The summed E-state index contributed by atoms with van der Waals surface area (Å²) in [5, 5.41) is 6.07. The molecule has 3 heteroatoms. The molecule has 0 aromatic heterocycles. The van der Waals surface area contributed by atoms with E-state index >= 15 is 0 Å². The smallest absolute Gasteiger partial charge is 0.218 e. The number of amides is 1. The molecule has 1 atom stereocenters. The second-order valence-corrected chi connectivity index (χ2v) is 3.26. The Morgan fingerprint density at radius 2 is 2.21 bits per heavy atom. The third-order valence-electron chi connectivity index (χ3n) is 2.15. The molecule has 1 aliphatic heterocycles. The predicted molar refractivity (Wildman–Crippen MR) is 58.1 cm³/mol. The maximum absolute atomic E-state index is 10.8. The van der Waals surface area contributed by atoms with E-state index in [-0.39, 0.29) is 19.5 Å². The summed E-state index contributed by atoms with van der Waals surface area (Å²) < 4.78 is 0. The molecular formula is C11H16N2O. The normalized spacial score (nSPS) is 17.6. The summed E-state index contributed by atoms with van der Waals surface area (Å²) in [6, 6.07) is 8.10. The van der Waals surface area contributed by atoms with Crippen LogP contribution in [-0.4, -0.2) is 12.1 Å². The van der Waals surface area contributed by atoms with Crippen molar-refractivity contribution >= 4 is 11.6 Å². The first-order chi connectivity index (χ1) is 6.25. The van der Waals surface area contributed by atoms with Gasteiger partial charge in [-0.1, -0.05) is 25.6 Å². The highest BCUT2D eigenvalue weighted by Crippen LogP contribution is 2.23. The molecule has 2 N–H and O–H groups in total. The molecule has 1 aromatic rings. The van der Waals surface area contributed by atoms with Crippen LogP contribution in [-0.2, 0) is 11.2 Å². The number of nitrogens with one attached hydrogen (secondary N) is 2. The van der Waals surface area contributed by atoms with Crippen LogP contribution < -0.4 is 10.6 Å². The minimum atomic E-state index is 0. The summed E-state index contributed by atoms with van der Waals surface area (Å²) >= 11 is 0. The fourth-order valence-corrected chi connectivity index (χ4v) is 1.63. The van der Waals surface area contributed by atoms with Gasteiger partial charge in [-0.15, -0.1) is 0 Å². The van der Waals surface area contributed by atoms with Gasteiger partial charge in [0.25, 0.3) is 0 Å². The van der Waals surface area contributed by atoms with Crippen LogP contribution >= 0.6 is 0 Å². The van der Waals surface area contributed by atoms with Crippen LogP contribution in [0.5, 0.6) is 0 Å². The number of fused-ring (bicyclic) bond motifs is 1. The van der Waals surface area contributed by atoms with Crippen molar-refractivity contribution in [3.8, 4) is 0 Å². The number of carbonyl (C=O) groups excluding carboxylic acids is 1. The highest BCUT2D eigenvalue weighted by atomic mass is 16.1. The minimum absolute atomic E-state index is 0. The fourth-order valence-electron chi connectivity index (χ4n) is 1.63. The maximum Gasteiger partial charge on any atom is 0.218 e. The number of rotatable bonds is 1. The summed E-state index contributed by atoms with van der Waals surface area (Å²) in [7, 11) is 0. The Kier molecular flexibility index (Phi) is 3.12. The van der Waals surface area contributed by atoms with Crippen molar-refractivity contribution in [2.24, 2.45) is 0 Å². The monoisotopic (exact) mass is 192 g/mol. The lowest BCUT2D eigenvalue weighted by atomic mass is 10.1. The maximum atomic E-state index is 10.8. The van der Waals surface area contributed by atoms with E-state index < -0.39 is 0 Å². The molecule has 14 heavy (non-hydrogen) atoms. The van der Waals surface area contributed by atoms with Crippen molar-refractivity contribution in [3.05, 3.63) is 29.8 Å². The molecule has 0 spiro atoms. The van der Waals surface area contributed by atoms with Gasteiger partial charge in [-0.2, -0.15) is 0 Å². The van der Waals surface area contributed by atoms with Gasteiger partial charge >= 0.3 is 0 Å². The molecule has 1 aliphatic rings. The summed E-state index contributed by atoms with van der Waals surface area (Å²) in [5.74, 6) is 0.00491. The number of hydrogen-bond donors (Lipinski definition) is 2. The van der Waals surface area contributed by atoms with Gasteiger partial charge < -0.3 is 10.6 Å². The predicted octanol–water partition coefficient (Wildman–Crippen LogP) is 1.75. The molecule has 0 radical (unpaired) electrons. The highest BCUT2D eigenvalue weighted by molar-refractivity contribution is 5.74. The van der Waals surface area contributed by atoms with Gasteiger partial charge in [-0.3, -0.25) is 4.79 Å². The Morgan fingerprint density at radius 3 is 2.86 bits per heavy atom. The second kappa shape index (κ2) is 4.13. The molecule has 1 aromatic carbocycles. The Balaban J connectivity index is 0.000000980. The first-order valence-electron chi connectivity index (χ1n) is 4.37. The van der Waals surface area contributed by atoms with E-state index in [1.54, 1.807) is 0 Å². The first kappa shape index (κ1) is 10.6. The summed E-state index contributed by atoms with van der Waals surface area (Å²) in [6.45, 7) is 1.53. The summed E-state index contributed by atoms with van der Waals surface area (Å²) in [4.78, 5) is 10.8. The van der Waals surface area contributed by atoms with Gasteiger partial charge in [0, 0.05) is 19.0 Å². The molecule has 0 saturated carbocycles. The SMILES string of the molecule is C.CC(=O)NC1Cc2ccccc2N1. The van der Waals surface area contributed by atoms with Crippen molar-refractivity contribution in [1.29, 1.82) is 0 Å². The molecule has 0 aliphatic carbocycles. The molecule has 76 valence electrons. The van der Waals surface area contributed by atoms with Gasteiger partial charge in [0.1, 0.15) is 6.17 Å². The number of hydrogen-bond acceptors (Lipinski definition) is 2. The van der Waals surface area contributed by atoms with Crippen molar-refractivity contribution in [2.45, 2.75) is 26.9 Å². The minimum Gasteiger partial charge on any atom is -0.365 e. The highest BCUT2D eigenvalue weighted by Gasteiger charge is 2.19. The molecule has 0 saturated heterocycles. The van der Waals surface area contributed by atoms with E-state index in [0.29, 0.717) is 0 Å². The lowest BCUT2D eigenvalue weighted by molar-refractivity contribution is -0.119. The quantitative estimate of drug-likeness (QED) is 0.711. The molecular weight excluding hydrogens is 176 g/mol. The van der Waals surface area contributed by atoms with Gasteiger partial charge in [-0.25, -0.2) is 0 Å². The van der Waals surface area contributed by atoms with E-state index in [9.17, 15) is 4.79 Å². The van der Waals surface area contributed by atoms with Gasteiger partial charge in [-0.05, 0) is 11.6 Å². The van der Waals surface area contributed by atoms with Crippen LogP contribution in [0.3, 0.4) is 0 Å². The van der Waals surface area contributed by atoms with Crippen LogP contribution in [0.1, 0.15) is 19.9 Å². The Labute approximate surface area is 84.5 Å². The Hall–Kier alpha value is -1.51. The lowest BCUT2D eigenvalue weighted by Gasteiger charge is -2.11. The molecule has 1 amide bonds. The molecule has 1 heterocycles. The number of anilines is 1. The number of para-hydroxylation sites is 1. The zero-order valence-corrected chi connectivity index (χ0v) is 7.50. The van der Waals surface area contributed by atoms with Crippen LogP contribution in [0.15, 0.2) is 24.3 Å². The molecule has 1 unspecified atom stereocenters.